The molecule has 0 radical (unpaired) electrons. The molecule has 0 saturated heterocycles. The minimum atomic E-state index is 0.0344. The topological polar surface area (TPSA) is 29.3 Å². The summed E-state index contributed by atoms with van der Waals surface area (Å²) in [6.07, 6.45) is 0. The number of rotatable bonds is 3. The third kappa shape index (κ3) is 3.48. The van der Waals surface area contributed by atoms with E-state index in [2.05, 4.69) is 73.8 Å². The highest BCUT2D eigenvalue weighted by atomic mass is 79.9. The Balaban J connectivity index is 3.17. The average molecular weight is 313 g/mol. The first kappa shape index (κ1) is 15.5. The molecule has 0 aliphatic rings. The monoisotopic (exact) mass is 312 g/mol. The quantitative estimate of drug-likeness (QED) is 0.899. The molecular weight excluding hydrogens is 288 g/mol. The van der Waals surface area contributed by atoms with Gasteiger partial charge in [-0.05, 0) is 43.0 Å². The Bertz CT molecular complexity index is 407. The summed E-state index contributed by atoms with van der Waals surface area (Å²) in [5.41, 5.74) is 8.72. The molecule has 2 nitrogen and oxygen atoms in total. The van der Waals surface area contributed by atoms with Gasteiger partial charge in [0.15, 0.2) is 0 Å². The van der Waals surface area contributed by atoms with E-state index in [1.165, 1.54) is 11.3 Å². The summed E-state index contributed by atoms with van der Waals surface area (Å²) in [6, 6.07) is 6.81. The molecule has 2 unspecified atom stereocenters. The summed E-state index contributed by atoms with van der Waals surface area (Å²) in [4.78, 5) is 2.32. The van der Waals surface area contributed by atoms with Gasteiger partial charge in [-0.15, -0.1) is 0 Å². The Morgan fingerprint density at radius 2 is 1.78 bits per heavy atom. The van der Waals surface area contributed by atoms with Crippen LogP contribution in [0.1, 0.15) is 46.2 Å². The smallest absolute Gasteiger partial charge is 0.0415 e. The molecule has 1 rings (SSSR count). The summed E-state index contributed by atoms with van der Waals surface area (Å²) >= 11 is 3.52. The summed E-state index contributed by atoms with van der Waals surface area (Å²) in [5, 5.41) is 0. The second kappa shape index (κ2) is 5.62. The lowest BCUT2D eigenvalue weighted by Crippen LogP contribution is -2.40. The van der Waals surface area contributed by atoms with Crippen LogP contribution in [0.2, 0.25) is 0 Å². The van der Waals surface area contributed by atoms with Gasteiger partial charge in [-0.25, -0.2) is 0 Å². The first-order valence-corrected chi connectivity index (χ1v) is 7.21. The molecule has 3 heteroatoms. The van der Waals surface area contributed by atoms with Crippen LogP contribution < -0.4 is 10.6 Å². The molecule has 1 aromatic rings. The Kier molecular flexibility index (Phi) is 4.84. The number of anilines is 1. The highest BCUT2D eigenvalue weighted by molar-refractivity contribution is 9.10. The van der Waals surface area contributed by atoms with Gasteiger partial charge >= 0.3 is 0 Å². The molecule has 0 aromatic heterocycles. The number of halogens is 1. The molecule has 0 amide bonds. The number of nitrogens with zero attached hydrogens (tertiary/aromatic N) is 1. The third-order valence-corrected chi connectivity index (χ3v) is 4.19. The van der Waals surface area contributed by atoms with Crippen LogP contribution in [0.5, 0.6) is 0 Å². The van der Waals surface area contributed by atoms with Crippen molar-refractivity contribution < 1.29 is 0 Å². The van der Waals surface area contributed by atoms with E-state index in [1.807, 2.05) is 6.92 Å². The highest BCUT2D eigenvalue weighted by Crippen LogP contribution is 2.33. The minimum absolute atomic E-state index is 0.0344. The predicted octanol–water partition coefficient (Wildman–Crippen LogP) is 4.34. The summed E-state index contributed by atoms with van der Waals surface area (Å²) < 4.78 is 1.08. The molecule has 0 bridgehead atoms. The van der Waals surface area contributed by atoms with Crippen LogP contribution in [0.25, 0.3) is 0 Å². The van der Waals surface area contributed by atoms with E-state index >= 15 is 0 Å². The van der Waals surface area contributed by atoms with Gasteiger partial charge in [-0.1, -0.05) is 36.7 Å². The lowest BCUT2D eigenvalue weighted by molar-refractivity contribution is 0.329. The van der Waals surface area contributed by atoms with Crippen molar-refractivity contribution >= 4 is 21.6 Å². The second-order valence-corrected chi connectivity index (χ2v) is 7.06. The maximum atomic E-state index is 6.08. The van der Waals surface area contributed by atoms with Crippen molar-refractivity contribution in [3.8, 4) is 0 Å². The van der Waals surface area contributed by atoms with Crippen LogP contribution in [0.15, 0.2) is 22.7 Å². The van der Waals surface area contributed by atoms with Crippen LogP contribution in [-0.4, -0.2) is 13.1 Å². The van der Waals surface area contributed by atoms with E-state index in [0.717, 1.165) is 4.47 Å². The molecule has 0 fully saturated rings. The van der Waals surface area contributed by atoms with Gasteiger partial charge in [0.05, 0.1) is 0 Å². The zero-order chi connectivity index (χ0) is 14.1. The maximum Gasteiger partial charge on any atom is 0.0415 e. The van der Waals surface area contributed by atoms with Crippen LogP contribution in [0.3, 0.4) is 0 Å². The molecule has 0 heterocycles. The molecule has 0 spiro atoms. The standard InChI is InChI=1S/C15H25BrN2/c1-10(17)13-9-12(16)7-8-14(13)18(6)11(2)15(3,4)5/h7-11H,17H2,1-6H3. The number of hydrogen-bond donors (Lipinski definition) is 1. The average Bonchev–Trinajstić information content (AvgIpc) is 2.25. The van der Waals surface area contributed by atoms with Gasteiger partial charge in [-0.3, -0.25) is 0 Å². The van der Waals surface area contributed by atoms with Crippen LogP contribution in [0.4, 0.5) is 5.69 Å². The zero-order valence-corrected chi connectivity index (χ0v) is 13.9. The van der Waals surface area contributed by atoms with Crippen molar-refractivity contribution in [2.45, 2.75) is 46.7 Å². The van der Waals surface area contributed by atoms with Crippen molar-refractivity contribution in [1.29, 1.82) is 0 Å². The lowest BCUT2D eigenvalue weighted by Gasteiger charge is -2.38. The molecular formula is C15H25BrN2. The van der Waals surface area contributed by atoms with E-state index in [4.69, 9.17) is 5.73 Å². The molecule has 0 saturated carbocycles. The SMILES string of the molecule is CC(N)c1cc(Br)ccc1N(C)C(C)C(C)(C)C. The summed E-state index contributed by atoms with van der Waals surface area (Å²) in [5.74, 6) is 0. The number of benzene rings is 1. The first-order chi connectivity index (χ1) is 8.14. The van der Waals surface area contributed by atoms with Gasteiger partial charge in [0.2, 0.25) is 0 Å². The molecule has 1 aromatic carbocycles. The predicted molar refractivity (Wildman–Crippen MR) is 84.1 cm³/mol. The maximum absolute atomic E-state index is 6.08. The zero-order valence-electron chi connectivity index (χ0n) is 12.3. The van der Waals surface area contributed by atoms with Crippen molar-refractivity contribution in [3.05, 3.63) is 28.2 Å². The molecule has 2 N–H and O–H groups in total. The Morgan fingerprint density at radius 3 is 2.22 bits per heavy atom. The second-order valence-electron chi connectivity index (χ2n) is 6.14. The number of nitrogens with two attached hydrogens (primary N) is 1. The van der Waals surface area contributed by atoms with E-state index in [-0.39, 0.29) is 11.5 Å². The van der Waals surface area contributed by atoms with E-state index < -0.39 is 0 Å². The lowest BCUT2D eigenvalue weighted by atomic mass is 9.86. The van der Waals surface area contributed by atoms with Crippen LogP contribution in [0, 0.1) is 5.41 Å². The molecule has 102 valence electrons. The molecule has 0 aliphatic carbocycles. The van der Waals surface area contributed by atoms with Gasteiger partial charge in [0.1, 0.15) is 0 Å². The summed E-state index contributed by atoms with van der Waals surface area (Å²) in [6.45, 7) is 11.1. The van der Waals surface area contributed by atoms with Crippen molar-refractivity contribution in [3.63, 3.8) is 0 Å². The van der Waals surface area contributed by atoms with Crippen molar-refractivity contribution in [1.82, 2.24) is 0 Å². The molecule has 2 atom stereocenters. The Hall–Kier alpha value is -0.540. The highest BCUT2D eigenvalue weighted by Gasteiger charge is 2.25. The third-order valence-electron chi connectivity index (χ3n) is 3.69. The van der Waals surface area contributed by atoms with E-state index in [9.17, 15) is 0 Å². The van der Waals surface area contributed by atoms with Gasteiger partial charge in [0, 0.05) is 29.3 Å². The van der Waals surface area contributed by atoms with Crippen molar-refractivity contribution in [2.75, 3.05) is 11.9 Å². The normalized spacial score (nSPS) is 15.3. The minimum Gasteiger partial charge on any atom is -0.371 e. The van der Waals surface area contributed by atoms with Crippen LogP contribution in [-0.2, 0) is 0 Å². The Labute approximate surface area is 120 Å². The summed E-state index contributed by atoms with van der Waals surface area (Å²) in [7, 11) is 2.14. The van der Waals surface area contributed by atoms with Gasteiger partial charge in [0.25, 0.3) is 0 Å². The number of hydrogen-bond acceptors (Lipinski definition) is 2. The van der Waals surface area contributed by atoms with Gasteiger partial charge < -0.3 is 10.6 Å². The fraction of sp³-hybridized carbons (Fsp3) is 0.600. The van der Waals surface area contributed by atoms with Crippen LogP contribution >= 0.6 is 15.9 Å². The molecule has 0 aliphatic heterocycles. The van der Waals surface area contributed by atoms with Gasteiger partial charge in [-0.2, -0.15) is 0 Å². The molecule has 18 heavy (non-hydrogen) atoms. The largest absolute Gasteiger partial charge is 0.371 e. The van der Waals surface area contributed by atoms with Crippen molar-refractivity contribution in [2.24, 2.45) is 11.1 Å². The fourth-order valence-corrected chi connectivity index (χ4v) is 2.38. The first-order valence-electron chi connectivity index (χ1n) is 6.42. The Morgan fingerprint density at radius 1 is 1.22 bits per heavy atom. The van der Waals surface area contributed by atoms with E-state index in [1.54, 1.807) is 0 Å². The fourth-order valence-electron chi connectivity index (χ4n) is 2.00. The van der Waals surface area contributed by atoms with E-state index in [0.29, 0.717) is 6.04 Å².